The second-order valence-electron chi connectivity index (χ2n) is 5.88. The van der Waals surface area contributed by atoms with Gasteiger partial charge in [0.2, 0.25) is 5.91 Å². The van der Waals surface area contributed by atoms with Gasteiger partial charge in [-0.1, -0.05) is 13.8 Å². The van der Waals surface area contributed by atoms with Crippen molar-refractivity contribution in [3.8, 4) is 0 Å². The van der Waals surface area contributed by atoms with Crippen LogP contribution in [0.2, 0.25) is 0 Å². The number of rotatable bonds is 5. The van der Waals surface area contributed by atoms with Crippen molar-refractivity contribution in [1.29, 1.82) is 0 Å². The van der Waals surface area contributed by atoms with Crippen LogP contribution in [0.25, 0.3) is 11.1 Å². The second kappa shape index (κ2) is 5.55. The van der Waals surface area contributed by atoms with E-state index in [9.17, 15) is 9.59 Å². The van der Waals surface area contributed by atoms with Gasteiger partial charge < -0.3 is 14.8 Å². The van der Waals surface area contributed by atoms with Crippen molar-refractivity contribution < 1.29 is 19.1 Å². The van der Waals surface area contributed by atoms with Crippen molar-refractivity contribution >= 4 is 28.7 Å². The number of carboxylic acid groups (broad SMARTS) is 1. The van der Waals surface area contributed by atoms with E-state index in [2.05, 4.69) is 10.3 Å². The summed E-state index contributed by atoms with van der Waals surface area (Å²) >= 11 is 0. The lowest BCUT2D eigenvalue weighted by atomic mass is 9.85. The van der Waals surface area contributed by atoms with Gasteiger partial charge in [-0.05, 0) is 23.6 Å². The number of hydrogen-bond donors (Lipinski definition) is 2. The van der Waals surface area contributed by atoms with Crippen molar-refractivity contribution in [2.75, 3.05) is 5.32 Å². The monoisotopic (exact) mass is 290 g/mol. The first-order valence-electron chi connectivity index (χ1n) is 6.64. The fourth-order valence-corrected chi connectivity index (χ4v) is 2.23. The van der Waals surface area contributed by atoms with Crippen LogP contribution >= 0.6 is 0 Å². The standard InChI is InChI=1S/C15H18N2O4/c1-9-16-11-6-10(4-5-12(11)21-9)17-13(18)7-15(2,3)8-14(19)20/h4-6H,7-8H2,1-3H3,(H,17,18)(H,19,20). The molecule has 0 saturated carbocycles. The molecule has 0 radical (unpaired) electrons. The summed E-state index contributed by atoms with van der Waals surface area (Å²) in [7, 11) is 0. The number of nitrogens with one attached hydrogen (secondary N) is 1. The molecule has 0 saturated heterocycles. The zero-order valence-electron chi connectivity index (χ0n) is 12.3. The molecule has 2 rings (SSSR count). The molecule has 0 unspecified atom stereocenters. The molecule has 1 amide bonds. The Balaban J connectivity index is 2.05. The normalized spacial score (nSPS) is 11.6. The van der Waals surface area contributed by atoms with Crippen molar-refractivity contribution in [1.82, 2.24) is 4.98 Å². The Bertz CT molecular complexity index is 688. The van der Waals surface area contributed by atoms with Gasteiger partial charge in [0.25, 0.3) is 0 Å². The van der Waals surface area contributed by atoms with Crippen LogP contribution in [-0.4, -0.2) is 22.0 Å². The van der Waals surface area contributed by atoms with Crippen LogP contribution in [0.4, 0.5) is 5.69 Å². The molecule has 21 heavy (non-hydrogen) atoms. The van der Waals surface area contributed by atoms with Crippen LogP contribution in [0.5, 0.6) is 0 Å². The summed E-state index contributed by atoms with van der Waals surface area (Å²) in [6.07, 6.45) is 0.0805. The molecule has 6 heteroatoms. The maximum absolute atomic E-state index is 12.0. The van der Waals surface area contributed by atoms with E-state index in [0.29, 0.717) is 22.7 Å². The summed E-state index contributed by atoms with van der Waals surface area (Å²) in [6, 6.07) is 5.20. The lowest BCUT2D eigenvalue weighted by Gasteiger charge is -2.21. The lowest BCUT2D eigenvalue weighted by molar-refractivity contribution is -0.139. The third kappa shape index (κ3) is 4.05. The molecule has 0 aliphatic heterocycles. The Morgan fingerprint density at radius 1 is 1.33 bits per heavy atom. The third-order valence-corrected chi connectivity index (χ3v) is 3.05. The number of anilines is 1. The lowest BCUT2D eigenvalue weighted by Crippen LogP contribution is -2.24. The number of carbonyl (C=O) groups excluding carboxylic acids is 1. The average molecular weight is 290 g/mol. The van der Waals surface area contributed by atoms with Crippen LogP contribution in [0, 0.1) is 12.3 Å². The summed E-state index contributed by atoms with van der Waals surface area (Å²) in [4.78, 5) is 27.0. The van der Waals surface area contributed by atoms with Crippen LogP contribution in [0.15, 0.2) is 22.6 Å². The van der Waals surface area contributed by atoms with Crippen molar-refractivity contribution in [3.63, 3.8) is 0 Å². The predicted octanol–water partition coefficient (Wildman–Crippen LogP) is 2.97. The molecule has 2 N–H and O–H groups in total. The fraction of sp³-hybridized carbons (Fsp3) is 0.400. The van der Waals surface area contributed by atoms with Gasteiger partial charge in [-0.2, -0.15) is 0 Å². The Kier molecular flexibility index (Phi) is 3.97. The zero-order chi connectivity index (χ0) is 15.6. The van der Waals surface area contributed by atoms with E-state index in [4.69, 9.17) is 9.52 Å². The summed E-state index contributed by atoms with van der Waals surface area (Å²) in [5, 5.41) is 11.6. The first kappa shape index (κ1) is 15.0. The van der Waals surface area contributed by atoms with E-state index < -0.39 is 11.4 Å². The quantitative estimate of drug-likeness (QED) is 0.883. The van der Waals surface area contributed by atoms with Crippen LogP contribution in [0.3, 0.4) is 0 Å². The molecule has 0 bridgehead atoms. The predicted molar refractivity (Wildman–Crippen MR) is 78.0 cm³/mol. The number of carbonyl (C=O) groups is 2. The Morgan fingerprint density at radius 2 is 2.05 bits per heavy atom. The van der Waals surface area contributed by atoms with Crippen molar-refractivity contribution in [2.45, 2.75) is 33.6 Å². The zero-order valence-corrected chi connectivity index (χ0v) is 12.3. The van der Waals surface area contributed by atoms with E-state index in [1.165, 1.54) is 0 Å². The number of aliphatic carboxylic acids is 1. The Morgan fingerprint density at radius 3 is 2.71 bits per heavy atom. The number of hydrogen-bond acceptors (Lipinski definition) is 4. The first-order chi connectivity index (χ1) is 9.75. The number of carboxylic acids is 1. The van der Waals surface area contributed by atoms with Gasteiger partial charge in [0, 0.05) is 19.0 Å². The molecule has 2 aromatic rings. The molecule has 0 spiro atoms. The Labute approximate surface area is 122 Å². The maximum Gasteiger partial charge on any atom is 0.303 e. The molecular formula is C15H18N2O4. The molecule has 6 nitrogen and oxygen atoms in total. The minimum Gasteiger partial charge on any atom is -0.481 e. The number of nitrogens with zero attached hydrogens (tertiary/aromatic N) is 1. The highest BCUT2D eigenvalue weighted by molar-refractivity contribution is 5.93. The van der Waals surface area contributed by atoms with Gasteiger partial charge in [0.15, 0.2) is 11.5 Å². The molecule has 1 heterocycles. The van der Waals surface area contributed by atoms with Crippen molar-refractivity contribution in [2.24, 2.45) is 5.41 Å². The van der Waals surface area contributed by atoms with Crippen molar-refractivity contribution in [3.05, 3.63) is 24.1 Å². The molecule has 112 valence electrons. The van der Waals surface area contributed by atoms with Crippen LogP contribution in [0.1, 0.15) is 32.6 Å². The molecule has 1 aromatic carbocycles. The van der Waals surface area contributed by atoms with E-state index in [-0.39, 0.29) is 18.7 Å². The number of oxazole rings is 1. The van der Waals surface area contributed by atoms with E-state index >= 15 is 0 Å². The van der Waals surface area contributed by atoms with Gasteiger partial charge in [0.1, 0.15) is 5.52 Å². The maximum atomic E-state index is 12.0. The van der Waals surface area contributed by atoms with E-state index in [1.54, 1.807) is 39.0 Å². The van der Waals surface area contributed by atoms with Gasteiger partial charge in [-0.3, -0.25) is 9.59 Å². The fourth-order valence-electron chi connectivity index (χ4n) is 2.23. The summed E-state index contributed by atoms with van der Waals surface area (Å²) in [5.74, 6) is -0.566. The Hall–Kier alpha value is -2.37. The minimum absolute atomic E-state index is 0.0536. The second-order valence-corrected chi connectivity index (χ2v) is 5.88. The smallest absolute Gasteiger partial charge is 0.303 e. The average Bonchev–Trinajstić information content (AvgIpc) is 2.65. The van der Waals surface area contributed by atoms with E-state index in [0.717, 1.165) is 0 Å². The first-order valence-corrected chi connectivity index (χ1v) is 6.64. The summed E-state index contributed by atoms with van der Waals surface area (Å²) in [6.45, 7) is 5.27. The largest absolute Gasteiger partial charge is 0.481 e. The number of fused-ring (bicyclic) bond motifs is 1. The number of aromatic nitrogens is 1. The highest BCUT2D eigenvalue weighted by atomic mass is 16.4. The molecule has 0 fully saturated rings. The number of aryl methyl sites for hydroxylation is 1. The van der Waals surface area contributed by atoms with Gasteiger partial charge in [-0.15, -0.1) is 0 Å². The van der Waals surface area contributed by atoms with E-state index in [1.807, 2.05) is 0 Å². The molecule has 0 aliphatic carbocycles. The van der Waals surface area contributed by atoms with Crippen LogP contribution < -0.4 is 5.32 Å². The van der Waals surface area contributed by atoms with Crippen LogP contribution in [-0.2, 0) is 9.59 Å². The van der Waals surface area contributed by atoms with Gasteiger partial charge in [0.05, 0.1) is 6.42 Å². The van der Waals surface area contributed by atoms with Gasteiger partial charge >= 0.3 is 5.97 Å². The number of benzene rings is 1. The number of amides is 1. The summed E-state index contributed by atoms with van der Waals surface area (Å²) < 4.78 is 5.36. The molecule has 1 aromatic heterocycles. The SMILES string of the molecule is Cc1nc2cc(NC(=O)CC(C)(C)CC(=O)O)ccc2o1. The summed E-state index contributed by atoms with van der Waals surface area (Å²) in [5.41, 5.74) is 1.36. The minimum atomic E-state index is -0.910. The molecular weight excluding hydrogens is 272 g/mol. The third-order valence-electron chi connectivity index (χ3n) is 3.05. The highest BCUT2D eigenvalue weighted by Crippen LogP contribution is 2.26. The van der Waals surface area contributed by atoms with Gasteiger partial charge in [-0.25, -0.2) is 4.98 Å². The molecule has 0 aliphatic rings. The highest BCUT2D eigenvalue weighted by Gasteiger charge is 2.25. The molecule has 0 atom stereocenters. The topological polar surface area (TPSA) is 92.4 Å².